The molecular formula is C17H31N3O2. The molecule has 1 amide bonds. The van der Waals surface area contributed by atoms with Gasteiger partial charge in [0.15, 0.2) is 0 Å². The highest BCUT2D eigenvalue weighted by molar-refractivity contribution is 5.68. The van der Waals surface area contributed by atoms with Crippen LogP contribution in [0.25, 0.3) is 0 Å². The molecule has 5 nitrogen and oxygen atoms in total. The van der Waals surface area contributed by atoms with Crippen molar-refractivity contribution in [2.24, 2.45) is 5.92 Å². The van der Waals surface area contributed by atoms with E-state index in [-0.39, 0.29) is 6.09 Å². The summed E-state index contributed by atoms with van der Waals surface area (Å²) in [6.07, 6.45) is 5.25. The third kappa shape index (κ3) is 4.13. The summed E-state index contributed by atoms with van der Waals surface area (Å²) in [5.41, 5.74) is -0.400. The van der Waals surface area contributed by atoms with Crippen molar-refractivity contribution >= 4 is 6.09 Å². The molecule has 0 spiro atoms. The van der Waals surface area contributed by atoms with Crippen molar-refractivity contribution in [1.82, 2.24) is 15.1 Å². The zero-order valence-corrected chi connectivity index (χ0v) is 14.3. The Morgan fingerprint density at radius 2 is 1.68 bits per heavy atom. The van der Waals surface area contributed by atoms with Crippen LogP contribution in [0.2, 0.25) is 0 Å². The number of carbonyl (C=O) groups excluding carboxylic acids is 1. The van der Waals surface area contributed by atoms with E-state index in [1.54, 1.807) is 0 Å². The SMILES string of the molecule is CC(C)(C)OC(=O)N1CCN(CC2CC3CCC(C2)N3)CC1. The first kappa shape index (κ1) is 16.1. The van der Waals surface area contributed by atoms with Gasteiger partial charge in [0.25, 0.3) is 0 Å². The molecule has 0 aromatic rings. The summed E-state index contributed by atoms with van der Waals surface area (Å²) in [4.78, 5) is 16.5. The number of carbonyl (C=O) groups is 1. The second-order valence-corrected chi connectivity index (χ2v) is 8.24. The lowest BCUT2D eigenvalue weighted by Crippen LogP contribution is -2.52. The molecule has 3 rings (SSSR count). The summed E-state index contributed by atoms with van der Waals surface area (Å²) in [6, 6.07) is 1.54. The van der Waals surface area contributed by atoms with Crippen molar-refractivity contribution < 1.29 is 9.53 Å². The number of piperidine rings is 1. The lowest BCUT2D eigenvalue weighted by Gasteiger charge is -2.38. The highest BCUT2D eigenvalue weighted by Crippen LogP contribution is 2.31. The van der Waals surface area contributed by atoms with Crippen molar-refractivity contribution in [3.05, 3.63) is 0 Å². The van der Waals surface area contributed by atoms with E-state index in [0.717, 1.165) is 44.2 Å². The minimum absolute atomic E-state index is 0.160. The molecule has 0 radical (unpaired) electrons. The Balaban J connectivity index is 1.41. The number of hydrogen-bond acceptors (Lipinski definition) is 4. The van der Waals surface area contributed by atoms with Gasteiger partial charge in [-0.3, -0.25) is 4.90 Å². The first-order valence-corrected chi connectivity index (χ1v) is 8.85. The predicted molar refractivity (Wildman–Crippen MR) is 86.9 cm³/mol. The van der Waals surface area contributed by atoms with Gasteiger partial charge in [0.05, 0.1) is 0 Å². The monoisotopic (exact) mass is 309 g/mol. The first-order valence-electron chi connectivity index (χ1n) is 8.85. The normalized spacial score (nSPS) is 33.0. The third-order valence-corrected chi connectivity index (χ3v) is 5.11. The van der Waals surface area contributed by atoms with Gasteiger partial charge in [-0.1, -0.05) is 0 Å². The Hall–Kier alpha value is -0.810. The topological polar surface area (TPSA) is 44.8 Å². The van der Waals surface area contributed by atoms with E-state index in [4.69, 9.17) is 4.74 Å². The number of nitrogens with zero attached hydrogens (tertiary/aromatic N) is 2. The molecule has 0 aliphatic carbocycles. The maximum absolute atomic E-state index is 12.1. The van der Waals surface area contributed by atoms with E-state index in [1.807, 2.05) is 25.7 Å². The van der Waals surface area contributed by atoms with Crippen LogP contribution in [-0.2, 0) is 4.74 Å². The average Bonchev–Trinajstić information content (AvgIpc) is 2.77. The lowest BCUT2D eigenvalue weighted by atomic mass is 9.92. The largest absolute Gasteiger partial charge is 0.444 e. The van der Waals surface area contributed by atoms with Crippen LogP contribution in [0.4, 0.5) is 4.79 Å². The number of nitrogens with one attached hydrogen (secondary N) is 1. The molecule has 2 atom stereocenters. The molecule has 5 heteroatoms. The van der Waals surface area contributed by atoms with Crippen molar-refractivity contribution in [2.75, 3.05) is 32.7 Å². The van der Waals surface area contributed by atoms with Gasteiger partial charge >= 0.3 is 6.09 Å². The molecule has 2 bridgehead atoms. The van der Waals surface area contributed by atoms with Gasteiger partial charge in [-0.2, -0.15) is 0 Å². The molecule has 0 aromatic carbocycles. The number of hydrogen-bond donors (Lipinski definition) is 1. The fourth-order valence-electron chi connectivity index (χ4n) is 4.13. The van der Waals surface area contributed by atoms with Gasteiger partial charge < -0.3 is 15.0 Å². The highest BCUT2D eigenvalue weighted by Gasteiger charge is 2.34. The summed E-state index contributed by atoms with van der Waals surface area (Å²) >= 11 is 0. The lowest BCUT2D eigenvalue weighted by molar-refractivity contribution is 0.0127. The van der Waals surface area contributed by atoms with Gasteiger partial charge in [-0.25, -0.2) is 4.79 Å². The van der Waals surface area contributed by atoms with E-state index in [1.165, 1.54) is 32.2 Å². The van der Waals surface area contributed by atoms with Gasteiger partial charge in [0.2, 0.25) is 0 Å². The van der Waals surface area contributed by atoms with E-state index in [9.17, 15) is 4.79 Å². The number of rotatable bonds is 2. The van der Waals surface area contributed by atoms with Crippen molar-refractivity contribution in [1.29, 1.82) is 0 Å². The fraction of sp³-hybridized carbons (Fsp3) is 0.941. The van der Waals surface area contributed by atoms with E-state index in [0.29, 0.717) is 0 Å². The molecule has 0 aromatic heterocycles. The number of amides is 1. The van der Waals surface area contributed by atoms with Crippen molar-refractivity contribution in [3.8, 4) is 0 Å². The van der Waals surface area contributed by atoms with Crippen LogP contribution >= 0.6 is 0 Å². The van der Waals surface area contributed by atoms with Crippen LogP contribution in [0, 0.1) is 5.92 Å². The number of ether oxygens (including phenoxy) is 1. The second kappa shape index (κ2) is 6.36. The van der Waals surface area contributed by atoms with Crippen LogP contribution in [0.5, 0.6) is 0 Å². The quantitative estimate of drug-likeness (QED) is 0.848. The predicted octanol–water partition coefficient (Wildman–Crippen LogP) is 2.07. The summed E-state index contributed by atoms with van der Waals surface area (Å²) in [7, 11) is 0. The maximum Gasteiger partial charge on any atom is 0.410 e. The standard InChI is InChI=1S/C17H31N3O2/c1-17(2,3)22-16(21)20-8-6-19(7-9-20)12-13-10-14-4-5-15(11-13)18-14/h13-15,18H,4-12H2,1-3H3. The Labute approximate surface area is 134 Å². The Bertz CT molecular complexity index is 387. The molecule has 22 heavy (non-hydrogen) atoms. The number of fused-ring (bicyclic) bond motifs is 2. The van der Waals surface area contributed by atoms with E-state index < -0.39 is 5.60 Å². The Morgan fingerprint density at radius 3 is 2.23 bits per heavy atom. The molecule has 3 heterocycles. The van der Waals surface area contributed by atoms with Gasteiger partial charge in [0, 0.05) is 44.8 Å². The molecular weight excluding hydrogens is 278 g/mol. The summed E-state index contributed by atoms with van der Waals surface area (Å²) < 4.78 is 5.46. The van der Waals surface area contributed by atoms with Crippen LogP contribution in [-0.4, -0.2) is 66.3 Å². The minimum Gasteiger partial charge on any atom is -0.444 e. The summed E-state index contributed by atoms with van der Waals surface area (Å²) in [5.74, 6) is 0.840. The molecule has 0 saturated carbocycles. The van der Waals surface area contributed by atoms with E-state index >= 15 is 0 Å². The number of piperazine rings is 1. The van der Waals surface area contributed by atoms with Crippen LogP contribution in [0.3, 0.4) is 0 Å². The second-order valence-electron chi connectivity index (χ2n) is 8.24. The van der Waals surface area contributed by atoms with Crippen molar-refractivity contribution in [3.63, 3.8) is 0 Å². The van der Waals surface area contributed by atoms with Gasteiger partial charge in [-0.05, 0) is 52.4 Å². The molecule has 126 valence electrons. The maximum atomic E-state index is 12.1. The van der Waals surface area contributed by atoms with Crippen LogP contribution in [0.1, 0.15) is 46.5 Å². The third-order valence-electron chi connectivity index (χ3n) is 5.11. The zero-order chi connectivity index (χ0) is 15.7. The fourth-order valence-corrected chi connectivity index (χ4v) is 4.13. The molecule has 2 unspecified atom stereocenters. The molecule has 3 aliphatic heterocycles. The first-order chi connectivity index (χ1) is 10.4. The summed E-state index contributed by atoms with van der Waals surface area (Å²) in [6.45, 7) is 10.5. The minimum atomic E-state index is -0.400. The van der Waals surface area contributed by atoms with E-state index in [2.05, 4.69) is 10.2 Å². The molecule has 3 aliphatic rings. The summed E-state index contributed by atoms with van der Waals surface area (Å²) in [5, 5.41) is 3.71. The Kier molecular flexibility index (Phi) is 4.64. The molecule has 1 N–H and O–H groups in total. The average molecular weight is 309 g/mol. The Morgan fingerprint density at radius 1 is 1.09 bits per heavy atom. The smallest absolute Gasteiger partial charge is 0.410 e. The van der Waals surface area contributed by atoms with Crippen LogP contribution < -0.4 is 5.32 Å². The van der Waals surface area contributed by atoms with Crippen LogP contribution in [0.15, 0.2) is 0 Å². The van der Waals surface area contributed by atoms with Gasteiger partial charge in [0.1, 0.15) is 5.60 Å². The zero-order valence-electron chi connectivity index (χ0n) is 14.3. The highest BCUT2D eigenvalue weighted by atomic mass is 16.6. The molecule has 3 saturated heterocycles. The molecule has 3 fully saturated rings. The van der Waals surface area contributed by atoms with Crippen molar-refractivity contribution in [2.45, 2.75) is 64.1 Å². The van der Waals surface area contributed by atoms with Gasteiger partial charge in [-0.15, -0.1) is 0 Å².